The molecule has 0 aliphatic carbocycles. The molecule has 31 heavy (non-hydrogen) atoms. The summed E-state index contributed by atoms with van der Waals surface area (Å²) in [5.41, 5.74) is 3.98. The quantitative estimate of drug-likeness (QED) is 0.283. The minimum atomic E-state index is 0.0870. The molecule has 0 spiro atoms. The zero-order chi connectivity index (χ0) is 22.1. The number of nitrogens with zero attached hydrogens (tertiary/aromatic N) is 3. The maximum atomic E-state index is 9.41. The molecular weight excluding hydrogens is 430 g/mol. The summed E-state index contributed by atoms with van der Waals surface area (Å²) in [7, 11) is 0. The second-order valence-electron chi connectivity index (χ2n) is 6.93. The molecule has 1 aliphatic heterocycles. The molecule has 0 atom stereocenters. The van der Waals surface area contributed by atoms with Gasteiger partial charge in [-0.2, -0.15) is 0 Å². The third-order valence-electron chi connectivity index (χ3n) is 4.73. The summed E-state index contributed by atoms with van der Waals surface area (Å²) in [6, 6.07) is 10.6. The number of benzene rings is 1. The van der Waals surface area contributed by atoms with Crippen LogP contribution < -0.4 is 4.90 Å². The Hall–Kier alpha value is -3.47. The summed E-state index contributed by atoms with van der Waals surface area (Å²) in [5, 5.41) is 27.5. The van der Waals surface area contributed by atoms with Gasteiger partial charge in [-0.3, -0.25) is 20.7 Å². The lowest BCUT2D eigenvalue weighted by molar-refractivity contribution is 0.472. The Morgan fingerprint density at radius 3 is 2.58 bits per heavy atom. The van der Waals surface area contributed by atoms with Crippen LogP contribution in [0.2, 0.25) is 5.02 Å². The fourth-order valence-electron chi connectivity index (χ4n) is 3.26. The molecule has 1 aromatic carbocycles. The third kappa shape index (κ3) is 4.08. The van der Waals surface area contributed by atoms with E-state index < -0.39 is 0 Å². The highest BCUT2D eigenvalue weighted by Crippen LogP contribution is 2.39. The molecule has 0 amide bonds. The van der Waals surface area contributed by atoms with Crippen molar-refractivity contribution in [1.82, 2.24) is 4.98 Å². The van der Waals surface area contributed by atoms with E-state index in [9.17, 15) is 5.11 Å². The fraction of sp³-hybridized carbons (Fsp3) is 0.130. The lowest BCUT2D eigenvalue weighted by Gasteiger charge is -2.20. The number of nitrogens with one attached hydrogen (secondary N) is 2. The minimum absolute atomic E-state index is 0.0870. The predicted molar refractivity (Wildman–Crippen MR) is 127 cm³/mol. The van der Waals surface area contributed by atoms with Gasteiger partial charge in [-0.15, -0.1) is 11.3 Å². The summed E-state index contributed by atoms with van der Waals surface area (Å²) >= 11 is 7.49. The van der Waals surface area contributed by atoms with Gasteiger partial charge in [-0.25, -0.2) is 4.98 Å². The topological polar surface area (TPSA) is 96.4 Å². The Bertz CT molecular complexity index is 1280. The number of pyridine rings is 1. The van der Waals surface area contributed by atoms with Crippen LogP contribution in [0.15, 0.2) is 47.6 Å². The van der Waals surface area contributed by atoms with Crippen molar-refractivity contribution in [3.63, 3.8) is 0 Å². The number of amidine groups is 2. The number of hydrogen-bond donors (Lipinski definition) is 3. The number of anilines is 1. The lowest BCUT2D eigenvalue weighted by atomic mass is 9.99. The highest BCUT2D eigenvalue weighted by atomic mass is 35.5. The fourth-order valence-corrected chi connectivity index (χ4v) is 4.63. The first kappa shape index (κ1) is 20.8. The molecule has 3 N–H and O–H groups in total. The molecule has 3 heterocycles. The monoisotopic (exact) mass is 447 g/mol. The van der Waals surface area contributed by atoms with Crippen LogP contribution in [0.4, 0.5) is 5.00 Å². The van der Waals surface area contributed by atoms with Crippen molar-refractivity contribution in [3.8, 4) is 17.6 Å². The molecule has 2 aromatic heterocycles. The van der Waals surface area contributed by atoms with E-state index in [0.29, 0.717) is 10.7 Å². The molecule has 0 radical (unpaired) electrons. The van der Waals surface area contributed by atoms with Crippen LogP contribution in [-0.4, -0.2) is 34.0 Å². The van der Waals surface area contributed by atoms with E-state index in [1.54, 1.807) is 24.0 Å². The van der Waals surface area contributed by atoms with Crippen LogP contribution in [0.25, 0.3) is 0 Å². The first-order valence-corrected chi connectivity index (χ1v) is 10.6. The molecule has 0 saturated heterocycles. The average molecular weight is 448 g/mol. The molecule has 154 valence electrons. The SMILES string of the molecule is CC(=N)N1C(=N)CN=C(c2ccc(Cl)cc2)c2c1sc(C#Cc1ccc(O)cn1)c2C. The van der Waals surface area contributed by atoms with E-state index in [4.69, 9.17) is 27.4 Å². The van der Waals surface area contributed by atoms with E-state index in [1.807, 2.05) is 31.2 Å². The average Bonchev–Trinajstić information content (AvgIpc) is 2.96. The van der Waals surface area contributed by atoms with Crippen LogP contribution in [-0.2, 0) is 0 Å². The van der Waals surface area contributed by atoms with Crippen molar-refractivity contribution >= 4 is 45.3 Å². The predicted octanol–water partition coefficient (Wildman–Crippen LogP) is 4.84. The number of aromatic nitrogens is 1. The van der Waals surface area contributed by atoms with Gasteiger partial charge in [0.2, 0.25) is 0 Å². The van der Waals surface area contributed by atoms with E-state index in [-0.39, 0.29) is 24.0 Å². The van der Waals surface area contributed by atoms with Gasteiger partial charge in [0, 0.05) is 16.1 Å². The van der Waals surface area contributed by atoms with E-state index in [2.05, 4.69) is 16.8 Å². The molecule has 0 unspecified atom stereocenters. The molecule has 0 saturated carbocycles. The van der Waals surface area contributed by atoms with E-state index in [1.165, 1.54) is 17.5 Å². The standard InChI is InChI=1S/C23H18ClN5OS/c1-13-19(10-8-17-7-9-18(30)11-27-17)31-23-21(13)22(15-3-5-16(24)6-4-15)28-12-20(26)29(23)14(2)25/h3-7,9,11,25-26,30H,12H2,1-2H3. The van der Waals surface area contributed by atoms with Gasteiger partial charge in [0.25, 0.3) is 0 Å². The van der Waals surface area contributed by atoms with Crippen molar-refractivity contribution in [2.45, 2.75) is 13.8 Å². The van der Waals surface area contributed by atoms with Crippen molar-refractivity contribution < 1.29 is 5.11 Å². The zero-order valence-electron chi connectivity index (χ0n) is 16.8. The van der Waals surface area contributed by atoms with Gasteiger partial charge in [-0.05, 0) is 55.5 Å². The number of thiophene rings is 1. The first-order valence-electron chi connectivity index (χ1n) is 9.39. The molecule has 3 aromatic rings. The highest BCUT2D eigenvalue weighted by Gasteiger charge is 2.29. The summed E-state index contributed by atoms with van der Waals surface area (Å²) in [5.74, 6) is 6.76. The number of rotatable bonds is 1. The minimum Gasteiger partial charge on any atom is -0.506 e. The Kier molecular flexibility index (Phi) is 5.59. The van der Waals surface area contributed by atoms with E-state index >= 15 is 0 Å². The number of hydrogen-bond acceptors (Lipinski definition) is 6. The third-order valence-corrected chi connectivity index (χ3v) is 6.17. The van der Waals surface area contributed by atoms with Gasteiger partial charge in [-0.1, -0.05) is 23.7 Å². The summed E-state index contributed by atoms with van der Waals surface area (Å²) in [6.07, 6.45) is 1.35. The summed E-state index contributed by atoms with van der Waals surface area (Å²) in [6.45, 7) is 3.81. The largest absolute Gasteiger partial charge is 0.506 e. The summed E-state index contributed by atoms with van der Waals surface area (Å²) in [4.78, 5) is 11.2. The molecule has 4 rings (SSSR count). The number of halogens is 1. The lowest BCUT2D eigenvalue weighted by Crippen LogP contribution is -2.35. The van der Waals surface area contributed by atoms with Crippen molar-refractivity contribution in [2.24, 2.45) is 4.99 Å². The molecule has 0 bridgehead atoms. The Labute approximate surface area is 188 Å². The smallest absolute Gasteiger partial charge is 0.133 e. The van der Waals surface area contributed by atoms with E-state index in [0.717, 1.165) is 32.3 Å². The van der Waals surface area contributed by atoms with Crippen LogP contribution in [0, 0.1) is 29.6 Å². The van der Waals surface area contributed by atoms with Crippen molar-refractivity contribution in [3.05, 3.63) is 74.9 Å². The zero-order valence-corrected chi connectivity index (χ0v) is 18.4. The number of aliphatic imine (C=N–C) groups is 1. The van der Waals surface area contributed by atoms with Crippen LogP contribution in [0.3, 0.4) is 0 Å². The molecule has 0 fully saturated rings. The maximum Gasteiger partial charge on any atom is 0.133 e. The Morgan fingerprint density at radius 1 is 1.19 bits per heavy atom. The van der Waals surface area contributed by atoms with Gasteiger partial charge >= 0.3 is 0 Å². The molecule has 1 aliphatic rings. The molecular formula is C23H18ClN5OS. The normalized spacial score (nSPS) is 13.1. The highest BCUT2D eigenvalue weighted by molar-refractivity contribution is 7.17. The second-order valence-corrected chi connectivity index (χ2v) is 8.36. The number of fused-ring (bicyclic) bond motifs is 1. The second kappa shape index (κ2) is 8.34. The van der Waals surface area contributed by atoms with Crippen LogP contribution in [0.5, 0.6) is 5.75 Å². The first-order chi connectivity index (χ1) is 14.8. The van der Waals surface area contributed by atoms with Crippen molar-refractivity contribution in [2.75, 3.05) is 11.4 Å². The van der Waals surface area contributed by atoms with Gasteiger partial charge in [0.15, 0.2) is 0 Å². The van der Waals surface area contributed by atoms with Crippen LogP contribution in [0.1, 0.15) is 34.2 Å². The molecule has 6 nitrogen and oxygen atoms in total. The number of aromatic hydroxyl groups is 1. The Morgan fingerprint density at radius 2 is 1.94 bits per heavy atom. The maximum absolute atomic E-state index is 9.41. The van der Waals surface area contributed by atoms with Crippen LogP contribution >= 0.6 is 22.9 Å². The Balaban J connectivity index is 1.88. The van der Waals surface area contributed by atoms with Gasteiger partial charge < -0.3 is 5.11 Å². The summed E-state index contributed by atoms with van der Waals surface area (Å²) < 4.78 is 0. The van der Waals surface area contributed by atoms with Gasteiger partial charge in [0.1, 0.15) is 28.1 Å². The molecule has 8 heteroatoms. The van der Waals surface area contributed by atoms with Gasteiger partial charge in [0.05, 0.1) is 23.3 Å². The van der Waals surface area contributed by atoms with Crippen molar-refractivity contribution in [1.29, 1.82) is 10.8 Å².